The van der Waals surface area contributed by atoms with Crippen molar-refractivity contribution in [2.45, 2.75) is 39.3 Å². The summed E-state index contributed by atoms with van der Waals surface area (Å²) < 4.78 is 38.6. The summed E-state index contributed by atoms with van der Waals surface area (Å²) in [6.07, 6.45) is 1.75. The molecule has 1 aromatic rings. The van der Waals surface area contributed by atoms with E-state index in [0.29, 0.717) is 0 Å². The first-order valence-corrected chi connectivity index (χ1v) is 7.46. The largest absolute Gasteiger partial charge is 0.493 e. The zero-order valence-electron chi connectivity index (χ0n) is 13.8. The van der Waals surface area contributed by atoms with Crippen LogP contribution in [0.4, 0.5) is 8.78 Å². The number of methoxy groups -OCH3 is 1. The minimum Gasteiger partial charge on any atom is -0.493 e. The first kappa shape index (κ1) is 19.7. The van der Waals surface area contributed by atoms with Crippen LogP contribution in [0.25, 0.3) is 0 Å². The van der Waals surface area contributed by atoms with Gasteiger partial charge in [0.15, 0.2) is 18.1 Å². The highest BCUT2D eigenvalue weighted by Gasteiger charge is 2.16. The molecular weight excluding hydrogens is 324 g/mol. The van der Waals surface area contributed by atoms with Gasteiger partial charge in [-0.3, -0.25) is 4.79 Å². The molecule has 0 heterocycles. The standard InChI is InChI=1S/C16H21F2NO5/c1-4-5-10(2)19-14(20)9-23-15(21)11-6-7-12(24-16(17)18)13(8-11)22-3/h6-8,10,16H,4-5,9H2,1-3H3,(H,19,20)/t10-/m1/s1. The third kappa shape index (κ3) is 6.39. The molecule has 1 N–H and O–H groups in total. The van der Waals surface area contributed by atoms with Crippen molar-refractivity contribution in [2.24, 2.45) is 0 Å². The summed E-state index contributed by atoms with van der Waals surface area (Å²) in [5.74, 6) is -1.41. The zero-order valence-corrected chi connectivity index (χ0v) is 13.8. The lowest BCUT2D eigenvalue weighted by Gasteiger charge is -2.13. The molecule has 134 valence electrons. The van der Waals surface area contributed by atoms with Gasteiger partial charge < -0.3 is 19.5 Å². The van der Waals surface area contributed by atoms with Crippen molar-refractivity contribution in [3.8, 4) is 11.5 Å². The summed E-state index contributed by atoms with van der Waals surface area (Å²) in [6.45, 7) is 0.420. The highest BCUT2D eigenvalue weighted by atomic mass is 19.3. The maximum atomic E-state index is 12.3. The lowest BCUT2D eigenvalue weighted by Crippen LogP contribution is -2.35. The van der Waals surface area contributed by atoms with Crippen molar-refractivity contribution in [2.75, 3.05) is 13.7 Å². The minimum absolute atomic E-state index is 0.00734. The second-order valence-electron chi connectivity index (χ2n) is 5.08. The smallest absolute Gasteiger partial charge is 0.387 e. The monoisotopic (exact) mass is 345 g/mol. The van der Waals surface area contributed by atoms with Gasteiger partial charge in [0.25, 0.3) is 5.91 Å². The average Bonchev–Trinajstić information content (AvgIpc) is 2.52. The maximum absolute atomic E-state index is 12.3. The molecule has 0 bridgehead atoms. The van der Waals surface area contributed by atoms with Crippen LogP contribution in [0, 0.1) is 0 Å². The molecule has 1 atom stereocenters. The van der Waals surface area contributed by atoms with Crippen LogP contribution in [0.15, 0.2) is 18.2 Å². The number of carbonyl (C=O) groups excluding carboxylic acids is 2. The Bertz CT molecular complexity index is 565. The van der Waals surface area contributed by atoms with Gasteiger partial charge in [-0.1, -0.05) is 13.3 Å². The predicted molar refractivity (Wildman–Crippen MR) is 82.4 cm³/mol. The Morgan fingerprint density at radius 1 is 1.25 bits per heavy atom. The quantitative estimate of drug-likeness (QED) is 0.697. The second-order valence-corrected chi connectivity index (χ2v) is 5.08. The van der Waals surface area contributed by atoms with Gasteiger partial charge in [0.05, 0.1) is 12.7 Å². The summed E-state index contributed by atoms with van der Waals surface area (Å²) in [7, 11) is 1.26. The molecule has 8 heteroatoms. The average molecular weight is 345 g/mol. The van der Waals surface area contributed by atoms with E-state index in [1.165, 1.54) is 25.3 Å². The lowest BCUT2D eigenvalue weighted by atomic mass is 10.2. The van der Waals surface area contributed by atoms with Gasteiger partial charge in [0, 0.05) is 6.04 Å². The second kappa shape index (κ2) is 9.69. The number of benzene rings is 1. The van der Waals surface area contributed by atoms with Gasteiger partial charge in [0.2, 0.25) is 0 Å². The molecule has 1 amide bonds. The summed E-state index contributed by atoms with van der Waals surface area (Å²) >= 11 is 0. The van der Waals surface area contributed by atoms with Crippen LogP contribution >= 0.6 is 0 Å². The predicted octanol–water partition coefficient (Wildman–Crippen LogP) is 2.76. The van der Waals surface area contributed by atoms with Crippen molar-refractivity contribution >= 4 is 11.9 Å². The van der Waals surface area contributed by atoms with Gasteiger partial charge in [-0.2, -0.15) is 8.78 Å². The van der Waals surface area contributed by atoms with E-state index in [2.05, 4.69) is 10.1 Å². The van der Waals surface area contributed by atoms with Crippen LogP contribution in [-0.2, 0) is 9.53 Å². The van der Waals surface area contributed by atoms with E-state index in [0.717, 1.165) is 12.8 Å². The van der Waals surface area contributed by atoms with Gasteiger partial charge in [-0.15, -0.1) is 0 Å². The Hall–Kier alpha value is -2.38. The molecule has 0 aliphatic carbocycles. The Balaban J connectivity index is 2.63. The Morgan fingerprint density at radius 2 is 1.96 bits per heavy atom. The normalized spacial score (nSPS) is 11.8. The molecule has 1 aromatic carbocycles. The number of hydrogen-bond donors (Lipinski definition) is 1. The van der Waals surface area contributed by atoms with Gasteiger partial charge >= 0.3 is 12.6 Å². The van der Waals surface area contributed by atoms with Gasteiger partial charge in [-0.25, -0.2) is 4.79 Å². The molecular formula is C16H21F2NO5. The Labute approximate surface area is 139 Å². The SMILES string of the molecule is CCC[C@@H](C)NC(=O)COC(=O)c1ccc(OC(F)F)c(OC)c1. The van der Waals surface area contributed by atoms with E-state index in [-0.39, 0.29) is 23.1 Å². The molecule has 0 unspecified atom stereocenters. The third-order valence-corrected chi connectivity index (χ3v) is 3.08. The van der Waals surface area contributed by atoms with E-state index in [9.17, 15) is 18.4 Å². The topological polar surface area (TPSA) is 73.9 Å². The van der Waals surface area contributed by atoms with E-state index < -0.39 is 25.1 Å². The Morgan fingerprint density at radius 3 is 2.54 bits per heavy atom. The number of nitrogens with one attached hydrogen (secondary N) is 1. The van der Waals surface area contributed by atoms with E-state index >= 15 is 0 Å². The minimum atomic E-state index is -3.01. The molecule has 0 spiro atoms. The van der Waals surface area contributed by atoms with Crippen LogP contribution < -0.4 is 14.8 Å². The third-order valence-electron chi connectivity index (χ3n) is 3.08. The molecule has 6 nitrogen and oxygen atoms in total. The first-order chi connectivity index (χ1) is 11.4. The number of hydrogen-bond acceptors (Lipinski definition) is 5. The number of carbonyl (C=O) groups is 2. The van der Waals surface area contributed by atoms with Crippen LogP contribution in [-0.4, -0.2) is 38.2 Å². The van der Waals surface area contributed by atoms with Crippen molar-refractivity contribution in [3.63, 3.8) is 0 Å². The molecule has 1 rings (SSSR count). The number of halogens is 2. The van der Waals surface area contributed by atoms with Crippen molar-refractivity contribution in [3.05, 3.63) is 23.8 Å². The number of ether oxygens (including phenoxy) is 3. The fourth-order valence-corrected chi connectivity index (χ4v) is 2.02. The molecule has 0 saturated carbocycles. The summed E-state index contributed by atoms with van der Waals surface area (Å²) in [5.41, 5.74) is 0.0582. The summed E-state index contributed by atoms with van der Waals surface area (Å²) in [4.78, 5) is 23.6. The van der Waals surface area contributed by atoms with E-state index in [1.807, 2.05) is 13.8 Å². The van der Waals surface area contributed by atoms with Crippen LogP contribution in [0.1, 0.15) is 37.0 Å². The Kier molecular flexibility index (Phi) is 7.94. The van der Waals surface area contributed by atoms with Gasteiger partial charge in [-0.05, 0) is 31.5 Å². The van der Waals surface area contributed by atoms with Crippen LogP contribution in [0.5, 0.6) is 11.5 Å². The fourth-order valence-electron chi connectivity index (χ4n) is 2.02. The molecule has 24 heavy (non-hydrogen) atoms. The zero-order chi connectivity index (χ0) is 18.1. The van der Waals surface area contributed by atoms with E-state index in [4.69, 9.17) is 9.47 Å². The highest BCUT2D eigenvalue weighted by molar-refractivity contribution is 5.92. The van der Waals surface area contributed by atoms with Gasteiger partial charge in [0.1, 0.15) is 0 Å². The number of alkyl halides is 2. The molecule has 0 saturated heterocycles. The molecule has 0 aliphatic heterocycles. The van der Waals surface area contributed by atoms with Crippen molar-refractivity contribution < 1.29 is 32.6 Å². The number of amides is 1. The highest BCUT2D eigenvalue weighted by Crippen LogP contribution is 2.29. The number of esters is 1. The molecule has 0 aromatic heterocycles. The summed E-state index contributed by atoms with van der Waals surface area (Å²) in [6, 6.07) is 3.62. The van der Waals surface area contributed by atoms with Crippen LogP contribution in [0.3, 0.4) is 0 Å². The van der Waals surface area contributed by atoms with E-state index in [1.54, 1.807) is 0 Å². The van der Waals surface area contributed by atoms with Crippen molar-refractivity contribution in [1.29, 1.82) is 0 Å². The molecule has 0 aliphatic rings. The van der Waals surface area contributed by atoms with Crippen molar-refractivity contribution in [1.82, 2.24) is 5.32 Å². The maximum Gasteiger partial charge on any atom is 0.387 e. The van der Waals surface area contributed by atoms with Crippen LogP contribution in [0.2, 0.25) is 0 Å². The summed E-state index contributed by atoms with van der Waals surface area (Å²) in [5, 5.41) is 2.70. The molecule has 0 fully saturated rings. The first-order valence-electron chi connectivity index (χ1n) is 7.46. The fraction of sp³-hybridized carbons (Fsp3) is 0.500. The lowest BCUT2D eigenvalue weighted by molar-refractivity contribution is -0.124. The number of rotatable bonds is 9. The molecule has 0 radical (unpaired) electrons.